The van der Waals surface area contributed by atoms with Gasteiger partial charge in [0.15, 0.2) is 0 Å². The number of aryl methyl sites for hydroxylation is 3. The second-order valence-electron chi connectivity index (χ2n) is 6.18. The molecule has 1 amide bonds. The van der Waals surface area contributed by atoms with Crippen molar-refractivity contribution in [1.29, 1.82) is 0 Å². The second kappa shape index (κ2) is 7.25. The number of nitrogens with zero attached hydrogens (tertiary/aromatic N) is 2. The maximum absolute atomic E-state index is 12.0. The summed E-state index contributed by atoms with van der Waals surface area (Å²) in [4.78, 5) is 12.0. The Bertz CT molecular complexity index is 628. The monoisotopic (exact) mass is 299 g/mol. The molecule has 0 spiro atoms. The Kier molecular flexibility index (Phi) is 5.36. The zero-order valence-electron chi connectivity index (χ0n) is 13.9. The summed E-state index contributed by atoms with van der Waals surface area (Å²) in [5, 5.41) is 7.47. The van der Waals surface area contributed by atoms with E-state index in [1.807, 2.05) is 42.8 Å². The first-order valence-corrected chi connectivity index (χ1v) is 7.77. The Morgan fingerprint density at radius 3 is 2.50 bits per heavy atom. The summed E-state index contributed by atoms with van der Waals surface area (Å²) in [5.41, 5.74) is 4.46. The first-order valence-electron chi connectivity index (χ1n) is 7.77. The lowest BCUT2D eigenvalue weighted by Crippen LogP contribution is -2.31. The van der Waals surface area contributed by atoms with Gasteiger partial charge in [0.25, 0.3) is 0 Å². The lowest BCUT2D eigenvalue weighted by Gasteiger charge is -2.14. The van der Waals surface area contributed by atoms with Crippen LogP contribution in [0.25, 0.3) is 0 Å². The minimum Gasteiger partial charge on any atom is -0.355 e. The minimum atomic E-state index is 0.0732. The Labute approximate surface area is 132 Å². The van der Waals surface area contributed by atoms with Crippen molar-refractivity contribution < 1.29 is 4.79 Å². The van der Waals surface area contributed by atoms with Crippen LogP contribution in [0.5, 0.6) is 0 Å². The molecule has 1 aromatic carbocycles. The number of rotatable bonds is 6. The predicted molar refractivity (Wildman–Crippen MR) is 88.8 cm³/mol. The zero-order valence-corrected chi connectivity index (χ0v) is 13.9. The highest BCUT2D eigenvalue weighted by atomic mass is 16.1. The molecule has 22 heavy (non-hydrogen) atoms. The van der Waals surface area contributed by atoms with Gasteiger partial charge in [-0.1, -0.05) is 36.8 Å². The highest BCUT2D eigenvalue weighted by Gasteiger charge is 2.09. The Hall–Kier alpha value is -2.10. The average Bonchev–Trinajstić information content (AvgIpc) is 2.77. The van der Waals surface area contributed by atoms with E-state index in [0.717, 1.165) is 23.5 Å². The lowest BCUT2D eigenvalue weighted by atomic mass is 10.1. The van der Waals surface area contributed by atoms with Gasteiger partial charge in [0.1, 0.15) is 0 Å². The number of nitrogens with one attached hydrogen (secondary N) is 1. The molecular weight excluding hydrogens is 274 g/mol. The SMILES string of the molecule is Cc1ccc(CC(=O)NCC(C)Cn2nc(C)cc2C)cc1. The molecule has 1 N–H and O–H groups in total. The van der Waals surface area contributed by atoms with Crippen LogP contribution < -0.4 is 5.32 Å². The van der Waals surface area contributed by atoms with E-state index in [0.29, 0.717) is 18.9 Å². The van der Waals surface area contributed by atoms with Gasteiger partial charge in [-0.15, -0.1) is 0 Å². The van der Waals surface area contributed by atoms with Gasteiger partial charge in [-0.3, -0.25) is 9.48 Å². The number of carbonyl (C=O) groups excluding carboxylic acids is 1. The highest BCUT2D eigenvalue weighted by Crippen LogP contribution is 2.07. The third-order valence-corrected chi connectivity index (χ3v) is 3.72. The fourth-order valence-electron chi connectivity index (χ4n) is 2.46. The Balaban J connectivity index is 1.78. The summed E-state index contributed by atoms with van der Waals surface area (Å²) < 4.78 is 2.01. The molecule has 1 aromatic heterocycles. The quantitative estimate of drug-likeness (QED) is 0.891. The molecule has 1 unspecified atom stereocenters. The molecule has 2 aromatic rings. The van der Waals surface area contributed by atoms with Crippen LogP contribution in [0, 0.1) is 26.7 Å². The lowest BCUT2D eigenvalue weighted by molar-refractivity contribution is -0.120. The van der Waals surface area contributed by atoms with Crippen LogP contribution in [-0.2, 0) is 17.8 Å². The van der Waals surface area contributed by atoms with Crippen molar-refractivity contribution in [3.05, 3.63) is 52.8 Å². The largest absolute Gasteiger partial charge is 0.355 e. The molecule has 0 aliphatic heterocycles. The standard InChI is InChI=1S/C18H25N3O/c1-13-5-7-17(8-6-13)10-18(22)19-11-14(2)12-21-16(4)9-15(3)20-21/h5-9,14H,10-12H2,1-4H3,(H,19,22). The molecule has 0 aliphatic carbocycles. The molecule has 0 aliphatic rings. The topological polar surface area (TPSA) is 46.9 Å². The van der Waals surface area contributed by atoms with Gasteiger partial charge in [-0.25, -0.2) is 0 Å². The first kappa shape index (κ1) is 16.3. The van der Waals surface area contributed by atoms with E-state index in [9.17, 15) is 4.79 Å². The fourth-order valence-corrected chi connectivity index (χ4v) is 2.46. The second-order valence-corrected chi connectivity index (χ2v) is 6.18. The van der Waals surface area contributed by atoms with Crippen LogP contribution in [0.2, 0.25) is 0 Å². The van der Waals surface area contributed by atoms with Crippen LogP contribution in [0.15, 0.2) is 30.3 Å². The van der Waals surface area contributed by atoms with Gasteiger partial charge in [0, 0.05) is 18.8 Å². The molecular formula is C18H25N3O. The summed E-state index contributed by atoms with van der Waals surface area (Å²) in [7, 11) is 0. The van der Waals surface area contributed by atoms with E-state index in [-0.39, 0.29) is 5.91 Å². The number of amides is 1. The maximum Gasteiger partial charge on any atom is 0.224 e. The van der Waals surface area contributed by atoms with Crippen molar-refractivity contribution in [3.8, 4) is 0 Å². The average molecular weight is 299 g/mol. The Morgan fingerprint density at radius 2 is 1.91 bits per heavy atom. The molecule has 2 rings (SSSR count). The van der Waals surface area contributed by atoms with Crippen molar-refractivity contribution in [2.75, 3.05) is 6.54 Å². The molecule has 0 radical (unpaired) electrons. The van der Waals surface area contributed by atoms with Gasteiger partial charge in [-0.2, -0.15) is 5.10 Å². The van der Waals surface area contributed by atoms with Crippen molar-refractivity contribution in [2.24, 2.45) is 5.92 Å². The zero-order chi connectivity index (χ0) is 16.1. The van der Waals surface area contributed by atoms with Crippen molar-refractivity contribution in [1.82, 2.24) is 15.1 Å². The van der Waals surface area contributed by atoms with Gasteiger partial charge in [0.2, 0.25) is 5.91 Å². The van der Waals surface area contributed by atoms with Crippen LogP contribution in [0.3, 0.4) is 0 Å². The predicted octanol–water partition coefficient (Wildman–Crippen LogP) is 2.80. The highest BCUT2D eigenvalue weighted by molar-refractivity contribution is 5.78. The minimum absolute atomic E-state index is 0.0732. The number of hydrogen-bond donors (Lipinski definition) is 1. The number of hydrogen-bond acceptors (Lipinski definition) is 2. The Morgan fingerprint density at radius 1 is 1.23 bits per heavy atom. The number of carbonyl (C=O) groups is 1. The molecule has 1 heterocycles. The number of benzene rings is 1. The third kappa shape index (κ3) is 4.72. The molecule has 4 nitrogen and oxygen atoms in total. The molecule has 118 valence electrons. The van der Waals surface area contributed by atoms with Crippen molar-refractivity contribution in [3.63, 3.8) is 0 Å². The molecule has 0 fully saturated rings. The molecule has 1 atom stereocenters. The van der Waals surface area contributed by atoms with E-state index in [1.54, 1.807) is 0 Å². The van der Waals surface area contributed by atoms with Crippen LogP contribution in [0.1, 0.15) is 29.4 Å². The molecule has 4 heteroatoms. The van der Waals surface area contributed by atoms with Gasteiger partial charge < -0.3 is 5.32 Å². The first-order chi connectivity index (χ1) is 10.4. The summed E-state index contributed by atoms with van der Waals surface area (Å²) >= 11 is 0. The van der Waals surface area contributed by atoms with Gasteiger partial charge in [-0.05, 0) is 38.3 Å². The summed E-state index contributed by atoms with van der Waals surface area (Å²) in [6.07, 6.45) is 0.437. The molecule has 0 saturated carbocycles. The van der Waals surface area contributed by atoms with Crippen molar-refractivity contribution >= 4 is 5.91 Å². The normalized spacial score (nSPS) is 12.2. The molecule has 0 saturated heterocycles. The maximum atomic E-state index is 12.0. The van der Waals surface area contributed by atoms with E-state index in [4.69, 9.17) is 0 Å². The summed E-state index contributed by atoms with van der Waals surface area (Å²) in [5.74, 6) is 0.420. The van der Waals surface area contributed by atoms with E-state index in [1.165, 1.54) is 5.56 Å². The van der Waals surface area contributed by atoms with E-state index >= 15 is 0 Å². The van der Waals surface area contributed by atoms with Crippen LogP contribution in [-0.4, -0.2) is 22.2 Å². The van der Waals surface area contributed by atoms with Crippen molar-refractivity contribution in [2.45, 2.75) is 40.7 Å². The van der Waals surface area contributed by atoms with Crippen LogP contribution >= 0.6 is 0 Å². The smallest absolute Gasteiger partial charge is 0.224 e. The summed E-state index contributed by atoms with van der Waals surface area (Å²) in [6.45, 7) is 9.72. The van der Waals surface area contributed by atoms with Crippen LogP contribution in [0.4, 0.5) is 0 Å². The van der Waals surface area contributed by atoms with E-state index in [2.05, 4.69) is 30.3 Å². The van der Waals surface area contributed by atoms with E-state index < -0.39 is 0 Å². The fraction of sp³-hybridized carbons (Fsp3) is 0.444. The number of aromatic nitrogens is 2. The summed E-state index contributed by atoms with van der Waals surface area (Å²) in [6, 6.07) is 10.2. The van der Waals surface area contributed by atoms with Gasteiger partial charge >= 0.3 is 0 Å². The molecule has 0 bridgehead atoms. The third-order valence-electron chi connectivity index (χ3n) is 3.72. The van der Waals surface area contributed by atoms with Gasteiger partial charge in [0.05, 0.1) is 12.1 Å².